The number of carbonyl (C=O) groups is 1. The molecule has 1 aromatic carbocycles. The highest BCUT2D eigenvalue weighted by Gasteiger charge is 2.21. The van der Waals surface area contributed by atoms with Gasteiger partial charge in [-0.25, -0.2) is 0 Å². The lowest BCUT2D eigenvalue weighted by atomic mass is 10.00. The molecule has 0 spiro atoms. The third kappa shape index (κ3) is 4.09. The van der Waals surface area contributed by atoms with E-state index in [4.69, 9.17) is 10.5 Å². The number of aryl methyl sites for hydroxylation is 1. The Morgan fingerprint density at radius 3 is 2.95 bits per heavy atom. The van der Waals surface area contributed by atoms with Crippen LogP contribution in [-0.2, 0) is 16.0 Å². The molecule has 0 fully saturated rings. The highest BCUT2D eigenvalue weighted by Crippen LogP contribution is 2.31. The topological polar surface area (TPSA) is 96.6 Å². The van der Waals surface area contributed by atoms with Crippen LogP contribution in [0.15, 0.2) is 12.1 Å². The van der Waals surface area contributed by atoms with E-state index < -0.39 is 5.60 Å². The van der Waals surface area contributed by atoms with Gasteiger partial charge in [0.2, 0.25) is 5.91 Å². The van der Waals surface area contributed by atoms with E-state index in [9.17, 15) is 9.90 Å². The van der Waals surface area contributed by atoms with Crippen molar-refractivity contribution >= 4 is 23.0 Å². The molecular weight excluding hydrogens is 270 g/mol. The van der Waals surface area contributed by atoms with Crippen LogP contribution >= 0.6 is 0 Å². The van der Waals surface area contributed by atoms with Crippen molar-refractivity contribution in [3.63, 3.8) is 0 Å². The molecule has 6 nitrogen and oxygen atoms in total. The highest BCUT2D eigenvalue weighted by molar-refractivity contribution is 5.95. The Hall–Kier alpha value is -1.79. The molecule has 0 aromatic heterocycles. The number of hydrogen-bond donors (Lipinski definition) is 4. The average molecular weight is 293 g/mol. The zero-order valence-electron chi connectivity index (χ0n) is 12.5. The SMILES string of the molecule is COCCC(C)(O)CNc1cc2c(cc1N)CCC(=O)N2. The van der Waals surface area contributed by atoms with E-state index in [1.54, 1.807) is 14.0 Å². The van der Waals surface area contributed by atoms with Crippen LogP contribution in [-0.4, -0.2) is 36.9 Å². The van der Waals surface area contributed by atoms with Gasteiger partial charge in [0.1, 0.15) is 0 Å². The van der Waals surface area contributed by atoms with Gasteiger partial charge in [-0.15, -0.1) is 0 Å². The molecule has 21 heavy (non-hydrogen) atoms. The summed E-state index contributed by atoms with van der Waals surface area (Å²) < 4.78 is 4.98. The van der Waals surface area contributed by atoms with Crippen molar-refractivity contribution in [1.29, 1.82) is 0 Å². The average Bonchev–Trinajstić information content (AvgIpc) is 2.43. The number of nitrogens with one attached hydrogen (secondary N) is 2. The number of hydrogen-bond acceptors (Lipinski definition) is 5. The van der Waals surface area contributed by atoms with Crippen molar-refractivity contribution in [1.82, 2.24) is 0 Å². The molecular formula is C15H23N3O3. The lowest BCUT2D eigenvalue weighted by Crippen LogP contribution is -2.34. The number of carbonyl (C=O) groups excluding carboxylic acids is 1. The number of fused-ring (bicyclic) bond motifs is 1. The summed E-state index contributed by atoms with van der Waals surface area (Å²) in [5.41, 5.74) is 8.31. The number of benzene rings is 1. The molecule has 0 bridgehead atoms. The number of aliphatic hydroxyl groups is 1. The molecule has 0 saturated heterocycles. The minimum atomic E-state index is -0.887. The van der Waals surface area contributed by atoms with Crippen molar-refractivity contribution in [2.45, 2.75) is 31.8 Å². The first-order valence-electron chi connectivity index (χ1n) is 7.09. The predicted molar refractivity (Wildman–Crippen MR) is 83.4 cm³/mol. The van der Waals surface area contributed by atoms with Crippen molar-refractivity contribution in [3.8, 4) is 0 Å². The molecule has 2 rings (SSSR count). The van der Waals surface area contributed by atoms with Gasteiger partial charge < -0.3 is 26.2 Å². The van der Waals surface area contributed by atoms with Crippen LogP contribution in [0.2, 0.25) is 0 Å². The molecule has 0 radical (unpaired) electrons. The minimum absolute atomic E-state index is 0.0188. The highest BCUT2D eigenvalue weighted by atomic mass is 16.5. The monoisotopic (exact) mass is 293 g/mol. The van der Waals surface area contributed by atoms with E-state index in [1.165, 1.54) is 0 Å². The summed E-state index contributed by atoms with van der Waals surface area (Å²) in [5, 5.41) is 16.2. The standard InChI is InChI=1S/C15H23N3O3/c1-15(20,5-6-21-2)9-17-13-8-12-10(7-11(13)16)3-4-14(19)18-12/h7-8,17,20H,3-6,9,16H2,1-2H3,(H,18,19). The van der Waals surface area contributed by atoms with E-state index in [-0.39, 0.29) is 5.91 Å². The lowest BCUT2D eigenvalue weighted by Gasteiger charge is -2.25. The zero-order chi connectivity index (χ0) is 15.5. The fourth-order valence-electron chi connectivity index (χ4n) is 2.30. The number of anilines is 3. The molecule has 0 aliphatic carbocycles. The molecule has 1 aromatic rings. The van der Waals surface area contributed by atoms with Gasteiger partial charge in [0, 0.05) is 38.8 Å². The predicted octanol–water partition coefficient (Wildman–Crippen LogP) is 1.35. The summed E-state index contributed by atoms with van der Waals surface area (Å²) in [6, 6.07) is 3.70. The lowest BCUT2D eigenvalue weighted by molar-refractivity contribution is -0.116. The summed E-state index contributed by atoms with van der Waals surface area (Å²) in [6.45, 7) is 2.59. The first kappa shape index (κ1) is 15.6. The molecule has 1 unspecified atom stereocenters. The third-order valence-electron chi connectivity index (χ3n) is 3.68. The summed E-state index contributed by atoms with van der Waals surface area (Å²) in [6.07, 6.45) is 1.72. The number of methoxy groups -OCH3 is 1. The number of amides is 1. The quantitative estimate of drug-likeness (QED) is 0.594. The minimum Gasteiger partial charge on any atom is -0.397 e. The maximum Gasteiger partial charge on any atom is 0.224 e. The maximum atomic E-state index is 11.4. The number of nitrogen functional groups attached to an aromatic ring is 1. The molecule has 5 N–H and O–H groups in total. The Bertz CT molecular complexity index is 529. The van der Waals surface area contributed by atoms with Crippen LogP contribution < -0.4 is 16.4 Å². The van der Waals surface area contributed by atoms with Crippen LogP contribution in [0.5, 0.6) is 0 Å². The van der Waals surface area contributed by atoms with Gasteiger partial charge >= 0.3 is 0 Å². The summed E-state index contributed by atoms with van der Waals surface area (Å²) >= 11 is 0. The van der Waals surface area contributed by atoms with Crippen molar-refractivity contribution < 1.29 is 14.6 Å². The summed E-state index contributed by atoms with van der Waals surface area (Å²) in [5.74, 6) is 0.0188. The molecule has 1 aliphatic rings. The van der Waals surface area contributed by atoms with Gasteiger partial charge in [-0.05, 0) is 31.0 Å². The second kappa shape index (κ2) is 6.32. The number of ether oxygens (including phenoxy) is 1. The largest absolute Gasteiger partial charge is 0.397 e. The Labute approximate surface area is 124 Å². The van der Waals surface area contributed by atoms with Gasteiger partial charge in [0.05, 0.1) is 17.0 Å². The summed E-state index contributed by atoms with van der Waals surface area (Å²) in [4.78, 5) is 11.4. The van der Waals surface area contributed by atoms with Crippen molar-refractivity contribution in [3.05, 3.63) is 17.7 Å². The molecule has 1 amide bonds. The second-order valence-electron chi connectivity index (χ2n) is 5.74. The second-order valence-corrected chi connectivity index (χ2v) is 5.74. The Kier molecular flexibility index (Phi) is 4.69. The van der Waals surface area contributed by atoms with E-state index in [0.717, 1.165) is 11.3 Å². The van der Waals surface area contributed by atoms with E-state index in [0.29, 0.717) is 43.8 Å². The molecule has 1 aliphatic heterocycles. The molecule has 6 heteroatoms. The first-order valence-corrected chi connectivity index (χ1v) is 7.09. The molecule has 1 heterocycles. The molecule has 116 valence electrons. The zero-order valence-corrected chi connectivity index (χ0v) is 12.5. The summed E-state index contributed by atoms with van der Waals surface area (Å²) in [7, 11) is 1.60. The Morgan fingerprint density at radius 2 is 2.24 bits per heavy atom. The fraction of sp³-hybridized carbons (Fsp3) is 0.533. The van der Waals surface area contributed by atoms with E-state index >= 15 is 0 Å². The third-order valence-corrected chi connectivity index (χ3v) is 3.68. The molecule has 1 atom stereocenters. The van der Waals surface area contributed by atoms with Gasteiger partial charge in [0.25, 0.3) is 0 Å². The van der Waals surface area contributed by atoms with Gasteiger partial charge in [-0.1, -0.05) is 0 Å². The van der Waals surface area contributed by atoms with E-state index in [2.05, 4.69) is 10.6 Å². The normalized spacial score (nSPS) is 16.8. The Balaban J connectivity index is 2.07. The van der Waals surface area contributed by atoms with Gasteiger partial charge in [0.15, 0.2) is 0 Å². The smallest absolute Gasteiger partial charge is 0.224 e. The fourth-order valence-corrected chi connectivity index (χ4v) is 2.30. The van der Waals surface area contributed by atoms with Gasteiger partial charge in [-0.3, -0.25) is 4.79 Å². The van der Waals surface area contributed by atoms with E-state index in [1.807, 2.05) is 12.1 Å². The van der Waals surface area contributed by atoms with Crippen LogP contribution in [0.25, 0.3) is 0 Å². The number of nitrogens with two attached hydrogens (primary N) is 1. The Morgan fingerprint density at radius 1 is 1.48 bits per heavy atom. The van der Waals surface area contributed by atoms with Crippen LogP contribution in [0, 0.1) is 0 Å². The maximum absolute atomic E-state index is 11.4. The van der Waals surface area contributed by atoms with Crippen molar-refractivity contribution in [2.24, 2.45) is 0 Å². The van der Waals surface area contributed by atoms with Crippen LogP contribution in [0.1, 0.15) is 25.3 Å². The van der Waals surface area contributed by atoms with Crippen LogP contribution in [0.3, 0.4) is 0 Å². The van der Waals surface area contributed by atoms with Gasteiger partial charge in [-0.2, -0.15) is 0 Å². The first-order chi connectivity index (χ1) is 9.91. The number of rotatable bonds is 6. The molecule has 0 saturated carbocycles. The van der Waals surface area contributed by atoms with Crippen molar-refractivity contribution in [2.75, 3.05) is 36.6 Å². The van der Waals surface area contributed by atoms with Crippen LogP contribution in [0.4, 0.5) is 17.1 Å².